The number of hydrogen-bond donors (Lipinski definition) is 0. The molecule has 2 aromatic carbocycles. The molecule has 0 aliphatic carbocycles. The highest BCUT2D eigenvalue weighted by Gasteiger charge is 2.21. The van der Waals surface area contributed by atoms with Crippen LogP contribution in [0.25, 0.3) is 10.9 Å². The third-order valence-electron chi connectivity index (χ3n) is 5.61. The van der Waals surface area contributed by atoms with Crippen LogP contribution in [-0.4, -0.2) is 53.9 Å². The van der Waals surface area contributed by atoms with Crippen LogP contribution in [-0.2, 0) is 0 Å². The van der Waals surface area contributed by atoms with Crippen molar-refractivity contribution in [1.82, 2.24) is 9.47 Å². The molecule has 1 saturated heterocycles. The van der Waals surface area contributed by atoms with Gasteiger partial charge in [-0.15, -0.1) is 0 Å². The van der Waals surface area contributed by atoms with Gasteiger partial charge in [0.25, 0.3) is 0 Å². The molecule has 1 aliphatic rings. The average molecular weight is 410 g/mol. The minimum Gasteiger partial charge on any atom is -0.369 e. The predicted molar refractivity (Wildman–Crippen MR) is 117 cm³/mol. The summed E-state index contributed by atoms with van der Waals surface area (Å²) in [6.45, 7) is 7.37. The van der Waals surface area contributed by atoms with E-state index in [0.29, 0.717) is 12.1 Å². The Labute approximate surface area is 175 Å². The van der Waals surface area contributed by atoms with Gasteiger partial charge in [0.05, 0.1) is 12.1 Å². The second kappa shape index (κ2) is 8.01. The van der Waals surface area contributed by atoms with Gasteiger partial charge in [0.2, 0.25) is 5.91 Å². The van der Waals surface area contributed by atoms with Crippen LogP contribution in [0.5, 0.6) is 0 Å². The topological polar surface area (TPSA) is 45.6 Å². The zero-order valence-corrected chi connectivity index (χ0v) is 17.4. The number of fused-ring (bicyclic) bond motifs is 1. The predicted octanol–water partition coefficient (Wildman–Crippen LogP) is 4.27. The number of piperazine rings is 1. The maximum absolute atomic E-state index is 12.8. The molecule has 6 heteroatoms. The molecule has 1 fully saturated rings. The Kier molecular flexibility index (Phi) is 5.43. The van der Waals surface area contributed by atoms with E-state index in [-0.39, 0.29) is 11.7 Å². The van der Waals surface area contributed by atoms with Crippen molar-refractivity contribution < 1.29 is 9.59 Å². The van der Waals surface area contributed by atoms with Gasteiger partial charge in [-0.1, -0.05) is 29.8 Å². The molecule has 0 saturated carbocycles. The number of benzene rings is 2. The molecule has 150 valence electrons. The van der Waals surface area contributed by atoms with E-state index in [1.54, 1.807) is 10.8 Å². The van der Waals surface area contributed by atoms with E-state index in [4.69, 9.17) is 11.6 Å². The molecule has 0 radical (unpaired) electrons. The third kappa shape index (κ3) is 4.07. The van der Waals surface area contributed by atoms with Crippen molar-refractivity contribution >= 4 is 39.9 Å². The van der Waals surface area contributed by atoms with Crippen molar-refractivity contribution in [1.29, 1.82) is 0 Å². The van der Waals surface area contributed by atoms with Crippen molar-refractivity contribution in [3.63, 3.8) is 0 Å². The van der Waals surface area contributed by atoms with E-state index in [9.17, 15) is 9.59 Å². The summed E-state index contributed by atoms with van der Waals surface area (Å²) in [5.41, 5.74) is 3.80. The molecule has 1 aliphatic heterocycles. The smallest absolute Gasteiger partial charge is 0.227 e. The first-order valence-corrected chi connectivity index (χ1v) is 10.2. The molecule has 1 aromatic heterocycles. The number of halogens is 1. The summed E-state index contributed by atoms with van der Waals surface area (Å²) < 4.78 is 1.58. The van der Waals surface area contributed by atoms with Crippen LogP contribution in [0.3, 0.4) is 0 Å². The van der Waals surface area contributed by atoms with Crippen LogP contribution in [0.4, 0.5) is 5.69 Å². The fraction of sp³-hybridized carbons (Fsp3) is 0.304. The van der Waals surface area contributed by atoms with E-state index in [2.05, 4.69) is 16.7 Å². The summed E-state index contributed by atoms with van der Waals surface area (Å²) in [5, 5.41) is 1.70. The van der Waals surface area contributed by atoms with Gasteiger partial charge in [0, 0.05) is 61.0 Å². The van der Waals surface area contributed by atoms with E-state index < -0.39 is 0 Å². The van der Waals surface area contributed by atoms with Gasteiger partial charge in [-0.25, -0.2) is 0 Å². The first-order chi connectivity index (χ1) is 13.9. The Bertz CT molecular complexity index is 1080. The maximum atomic E-state index is 12.8. The Hall–Kier alpha value is -2.63. The molecular weight excluding hydrogens is 386 g/mol. The SMILES string of the molecule is CC(=O)n1ccc2ccc(C(=O)CN3CCN(c4cc(Cl)ccc4C)CC3)cc21. The normalized spacial score (nSPS) is 15.1. The lowest BCUT2D eigenvalue weighted by Gasteiger charge is -2.36. The van der Waals surface area contributed by atoms with Crippen LogP contribution in [0, 0.1) is 6.92 Å². The number of carbonyl (C=O) groups excluding carboxylic acids is 2. The molecule has 0 N–H and O–H groups in total. The number of aryl methyl sites for hydroxylation is 1. The van der Waals surface area contributed by atoms with E-state index >= 15 is 0 Å². The van der Waals surface area contributed by atoms with Gasteiger partial charge in [-0.05, 0) is 36.8 Å². The van der Waals surface area contributed by atoms with Crippen molar-refractivity contribution in [3.8, 4) is 0 Å². The van der Waals surface area contributed by atoms with Crippen LogP contribution < -0.4 is 4.90 Å². The fourth-order valence-corrected chi connectivity index (χ4v) is 4.11. The average Bonchev–Trinajstić information content (AvgIpc) is 3.14. The number of hydrogen-bond acceptors (Lipinski definition) is 4. The Morgan fingerprint density at radius 1 is 1.00 bits per heavy atom. The first-order valence-electron chi connectivity index (χ1n) is 9.81. The van der Waals surface area contributed by atoms with Gasteiger partial charge in [-0.2, -0.15) is 0 Å². The summed E-state index contributed by atoms with van der Waals surface area (Å²) >= 11 is 6.16. The second-order valence-corrected chi connectivity index (χ2v) is 8.03. The highest BCUT2D eigenvalue weighted by Crippen LogP contribution is 2.25. The van der Waals surface area contributed by atoms with Gasteiger partial charge in [0.15, 0.2) is 5.78 Å². The Morgan fingerprint density at radius 3 is 2.48 bits per heavy atom. The number of anilines is 1. The molecule has 0 spiro atoms. The summed E-state index contributed by atoms with van der Waals surface area (Å²) in [4.78, 5) is 29.1. The molecule has 0 atom stereocenters. The van der Waals surface area contributed by atoms with Gasteiger partial charge < -0.3 is 4.90 Å². The standard InChI is InChI=1S/C23H24ClN3O2/c1-16-3-6-20(24)14-21(16)26-11-9-25(10-12-26)15-23(29)19-5-4-18-7-8-27(17(2)28)22(18)13-19/h3-8,13-14H,9-12,15H2,1-2H3. The quantitative estimate of drug-likeness (QED) is 0.604. The molecule has 0 unspecified atom stereocenters. The molecule has 4 rings (SSSR count). The number of aromatic nitrogens is 1. The summed E-state index contributed by atoms with van der Waals surface area (Å²) in [7, 11) is 0. The van der Waals surface area contributed by atoms with Crippen LogP contribution >= 0.6 is 11.6 Å². The van der Waals surface area contributed by atoms with Crippen LogP contribution in [0.2, 0.25) is 5.02 Å². The second-order valence-electron chi connectivity index (χ2n) is 7.60. The molecular formula is C23H24ClN3O2. The minimum absolute atomic E-state index is 0.0583. The zero-order valence-electron chi connectivity index (χ0n) is 16.7. The lowest BCUT2D eigenvalue weighted by molar-refractivity contribution is 0.0921. The van der Waals surface area contributed by atoms with Gasteiger partial charge >= 0.3 is 0 Å². The number of Topliss-reactive ketones (excluding diaryl/α,β-unsaturated/α-hetero) is 1. The van der Waals surface area contributed by atoms with Crippen LogP contribution in [0.15, 0.2) is 48.7 Å². The monoisotopic (exact) mass is 409 g/mol. The Morgan fingerprint density at radius 2 is 1.76 bits per heavy atom. The highest BCUT2D eigenvalue weighted by atomic mass is 35.5. The molecule has 3 aromatic rings. The summed E-state index contributed by atoms with van der Waals surface area (Å²) in [6.07, 6.45) is 1.75. The first kappa shape index (κ1) is 19.7. The number of nitrogens with zero attached hydrogens (tertiary/aromatic N) is 3. The highest BCUT2D eigenvalue weighted by molar-refractivity contribution is 6.30. The Balaban J connectivity index is 1.42. The van der Waals surface area contributed by atoms with E-state index in [1.165, 1.54) is 18.2 Å². The van der Waals surface area contributed by atoms with E-state index in [0.717, 1.165) is 42.1 Å². The lowest BCUT2D eigenvalue weighted by atomic mass is 10.1. The van der Waals surface area contributed by atoms with Gasteiger partial charge in [0.1, 0.15) is 0 Å². The van der Waals surface area contributed by atoms with Crippen molar-refractivity contribution in [2.75, 3.05) is 37.6 Å². The molecule has 2 heterocycles. The molecule has 0 amide bonds. The minimum atomic E-state index is -0.0583. The summed E-state index contributed by atoms with van der Waals surface area (Å²) in [5.74, 6) is 0.0209. The molecule has 5 nitrogen and oxygen atoms in total. The zero-order chi connectivity index (χ0) is 20.5. The third-order valence-corrected chi connectivity index (χ3v) is 5.84. The summed E-state index contributed by atoms with van der Waals surface area (Å²) in [6, 6.07) is 13.4. The maximum Gasteiger partial charge on any atom is 0.227 e. The molecule has 29 heavy (non-hydrogen) atoms. The van der Waals surface area contributed by atoms with E-state index in [1.807, 2.05) is 42.5 Å². The number of ketones is 1. The van der Waals surface area contributed by atoms with Crippen molar-refractivity contribution in [2.24, 2.45) is 0 Å². The van der Waals surface area contributed by atoms with Crippen molar-refractivity contribution in [2.45, 2.75) is 13.8 Å². The largest absolute Gasteiger partial charge is 0.369 e. The number of carbonyl (C=O) groups is 2. The number of rotatable bonds is 4. The lowest BCUT2D eigenvalue weighted by Crippen LogP contribution is -2.48. The van der Waals surface area contributed by atoms with Gasteiger partial charge in [-0.3, -0.25) is 19.1 Å². The molecule has 0 bridgehead atoms. The van der Waals surface area contributed by atoms with Crippen molar-refractivity contribution in [3.05, 3.63) is 64.8 Å². The van der Waals surface area contributed by atoms with Crippen LogP contribution in [0.1, 0.15) is 27.6 Å². The fourth-order valence-electron chi connectivity index (χ4n) is 3.94.